The van der Waals surface area contributed by atoms with Crippen molar-refractivity contribution in [3.05, 3.63) is 206 Å². The minimum Gasteiger partial charge on any atom is -0.309 e. The van der Waals surface area contributed by atoms with Crippen molar-refractivity contribution in [1.29, 1.82) is 0 Å². The van der Waals surface area contributed by atoms with Crippen LogP contribution in [0.1, 0.15) is 31.5 Å². The summed E-state index contributed by atoms with van der Waals surface area (Å²) in [7, 11) is 0. The van der Waals surface area contributed by atoms with Crippen LogP contribution in [0.5, 0.6) is 0 Å². The highest BCUT2D eigenvalue weighted by molar-refractivity contribution is 7.26. The predicted molar refractivity (Wildman–Crippen MR) is 244 cm³/mol. The zero-order valence-electron chi connectivity index (χ0n) is 52.2. The maximum atomic E-state index is 10.0. The second-order valence-electron chi connectivity index (χ2n) is 13.1. The molecule has 0 unspecified atom stereocenters. The third kappa shape index (κ3) is 5.03. The van der Waals surface area contributed by atoms with E-state index in [9.17, 15) is 13.7 Å². The van der Waals surface area contributed by atoms with Crippen molar-refractivity contribution in [1.82, 2.24) is 9.13 Å². The van der Waals surface area contributed by atoms with Gasteiger partial charge in [0.25, 0.3) is 0 Å². The highest BCUT2D eigenvalue weighted by Crippen LogP contribution is 2.43. The Morgan fingerprint density at radius 3 is 1.89 bits per heavy atom. The van der Waals surface area contributed by atoms with Gasteiger partial charge >= 0.3 is 0 Å². The number of thiophene rings is 1. The molecule has 57 heavy (non-hydrogen) atoms. The van der Waals surface area contributed by atoms with Gasteiger partial charge in [0.15, 0.2) is 0 Å². The van der Waals surface area contributed by atoms with Crippen LogP contribution in [0.15, 0.2) is 206 Å². The molecule has 12 aromatic rings. The molecule has 0 spiro atoms. The fourth-order valence-electron chi connectivity index (χ4n) is 7.49. The maximum absolute atomic E-state index is 10.0. The van der Waals surface area contributed by atoms with Gasteiger partial charge in [0, 0.05) is 53.1 Å². The van der Waals surface area contributed by atoms with Gasteiger partial charge in [0.1, 0.15) is 0 Å². The van der Waals surface area contributed by atoms with Crippen LogP contribution in [0.3, 0.4) is 0 Å². The van der Waals surface area contributed by atoms with Crippen LogP contribution >= 0.6 is 11.3 Å². The van der Waals surface area contributed by atoms with Gasteiger partial charge in [0.05, 0.1) is 53.6 Å². The summed E-state index contributed by atoms with van der Waals surface area (Å²) in [5.74, 6) is 0. The van der Waals surface area contributed by atoms with E-state index in [-0.39, 0.29) is 80.7 Å². The summed E-state index contributed by atoms with van der Waals surface area (Å²) in [6.45, 7) is 0. The second-order valence-corrected chi connectivity index (χ2v) is 14.1. The van der Waals surface area contributed by atoms with Gasteiger partial charge < -0.3 is 9.13 Å². The number of fused-ring (bicyclic) bond motifs is 9. The summed E-state index contributed by atoms with van der Waals surface area (Å²) in [4.78, 5) is 0. The van der Waals surface area contributed by atoms with Crippen LogP contribution in [0, 0.1) is 0 Å². The van der Waals surface area contributed by atoms with Crippen LogP contribution in [-0.4, -0.2) is 9.13 Å². The van der Waals surface area contributed by atoms with E-state index in [4.69, 9.17) is 17.8 Å². The molecule has 0 aliphatic rings. The standard InChI is InChI=1S/C54H34N2S/c1-3-13-35(14-4-1)37-17-11-18-40(31-37)56-48-22-9-7-19-43(48)45-28-25-39(33-51(45)56)38-26-30-50-47(32-38)44-20-8-10-23-49(44)55(50)41-27-29-46-53(34-41)57-52-24-12-21-42(54(46)52)36-15-5-2-6-16-36/h1-34H/i2D,5D,6D,7D,8D,9D,10D,12D,15D,16D,19D,20D,21D,22D,23D,24D,25D,26D,28D,30D,32D,33D,34D. The molecule has 266 valence electrons. The van der Waals surface area contributed by atoms with Gasteiger partial charge in [-0.15, -0.1) is 11.3 Å². The smallest absolute Gasteiger partial charge is 0.0660 e. The van der Waals surface area contributed by atoms with E-state index in [1.165, 1.54) is 16.7 Å². The lowest BCUT2D eigenvalue weighted by Gasteiger charge is -2.11. The summed E-state index contributed by atoms with van der Waals surface area (Å²) in [5, 5.41) is -0.927. The van der Waals surface area contributed by atoms with Gasteiger partial charge in [-0.25, -0.2) is 0 Å². The predicted octanol–water partition coefficient (Wildman–Crippen LogP) is 15.2. The van der Waals surface area contributed by atoms with E-state index < -0.39 is 156 Å². The third-order valence-corrected chi connectivity index (χ3v) is 11.0. The average molecular weight is 766 g/mol. The van der Waals surface area contributed by atoms with Gasteiger partial charge in [-0.3, -0.25) is 0 Å². The molecular formula is C54H34N2S. The molecule has 0 saturated heterocycles. The van der Waals surface area contributed by atoms with Gasteiger partial charge in [0.2, 0.25) is 0 Å². The first-order chi connectivity index (χ1) is 37.9. The van der Waals surface area contributed by atoms with Gasteiger partial charge in [-0.2, -0.15) is 0 Å². The highest BCUT2D eigenvalue weighted by Gasteiger charge is 2.18. The van der Waals surface area contributed by atoms with Crippen molar-refractivity contribution in [3.63, 3.8) is 0 Å². The van der Waals surface area contributed by atoms with E-state index >= 15 is 0 Å². The Balaban J connectivity index is 1.20. The number of hydrogen-bond donors (Lipinski definition) is 0. The van der Waals surface area contributed by atoms with Gasteiger partial charge in [-0.05, 0) is 93.9 Å². The zero-order chi connectivity index (χ0) is 57.5. The molecule has 0 amide bonds. The number of hydrogen-bond acceptors (Lipinski definition) is 1. The largest absolute Gasteiger partial charge is 0.309 e. The number of benzene rings is 9. The first-order valence-corrected chi connectivity index (χ1v) is 18.5. The molecule has 0 aliphatic heterocycles. The summed E-state index contributed by atoms with van der Waals surface area (Å²) >= 11 is 0.802. The molecule has 3 aromatic heterocycles. The lowest BCUT2D eigenvalue weighted by molar-refractivity contribution is 1.18. The Morgan fingerprint density at radius 2 is 1.05 bits per heavy atom. The van der Waals surface area contributed by atoms with Crippen LogP contribution < -0.4 is 0 Å². The number of para-hydroxylation sites is 2. The normalized spacial score (nSPS) is 17.5. The summed E-state index contributed by atoms with van der Waals surface area (Å²) < 4.78 is 212. The zero-order valence-corrected chi connectivity index (χ0v) is 30.0. The van der Waals surface area contributed by atoms with Crippen molar-refractivity contribution in [2.75, 3.05) is 0 Å². The fourth-order valence-corrected chi connectivity index (χ4v) is 8.54. The van der Waals surface area contributed by atoms with E-state index in [2.05, 4.69) is 0 Å². The monoisotopic (exact) mass is 765 g/mol. The minimum atomic E-state index is -0.803. The second kappa shape index (κ2) is 12.7. The van der Waals surface area contributed by atoms with Crippen molar-refractivity contribution < 1.29 is 31.5 Å². The highest BCUT2D eigenvalue weighted by atomic mass is 32.1. The quantitative estimate of drug-likeness (QED) is 0.165. The third-order valence-electron chi connectivity index (χ3n) is 9.98. The minimum absolute atomic E-state index is 0.00884. The van der Waals surface area contributed by atoms with Gasteiger partial charge in [-0.1, -0.05) is 145 Å². The molecule has 0 atom stereocenters. The number of rotatable bonds is 5. The van der Waals surface area contributed by atoms with E-state index in [0.29, 0.717) is 5.56 Å². The average Bonchev–Trinajstić information content (AvgIpc) is 3.95. The summed E-state index contributed by atoms with van der Waals surface area (Å²) in [5.41, 5.74) is -1.28. The summed E-state index contributed by atoms with van der Waals surface area (Å²) in [6.07, 6.45) is 0. The summed E-state index contributed by atoms with van der Waals surface area (Å²) in [6, 6.07) is 3.69. The molecule has 3 heterocycles. The van der Waals surface area contributed by atoms with Crippen molar-refractivity contribution in [3.8, 4) is 44.8 Å². The van der Waals surface area contributed by atoms with Crippen LogP contribution in [0.4, 0.5) is 0 Å². The Hall–Kier alpha value is -7.20. The molecular weight excluding hydrogens is 709 g/mol. The lowest BCUT2D eigenvalue weighted by atomic mass is 9.99. The van der Waals surface area contributed by atoms with Crippen LogP contribution in [0.25, 0.3) is 109 Å². The molecule has 2 nitrogen and oxygen atoms in total. The Labute approximate surface area is 366 Å². The Bertz CT molecular complexity index is 4840. The van der Waals surface area contributed by atoms with E-state index in [1.807, 2.05) is 36.4 Å². The Morgan fingerprint density at radius 1 is 0.368 bits per heavy atom. The molecule has 0 radical (unpaired) electrons. The molecule has 0 N–H and O–H groups in total. The Kier molecular flexibility index (Phi) is 3.75. The molecule has 0 aliphatic carbocycles. The maximum Gasteiger partial charge on any atom is 0.0660 e. The lowest BCUT2D eigenvalue weighted by Crippen LogP contribution is -1.94. The van der Waals surface area contributed by atoms with Crippen LogP contribution in [-0.2, 0) is 0 Å². The first-order valence-electron chi connectivity index (χ1n) is 29.1. The fraction of sp³-hybridized carbons (Fsp3) is 0. The van der Waals surface area contributed by atoms with Crippen molar-refractivity contribution in [2.24, 2.45) is 0 Å². The number of aromatic nitrogens is 2. The topological polar surface area (TPSA) is 9.86 Å². The van der Waals surface area contributed by atoms with E-state index in [1.54, 1.807) is 18.2 Å². The van der Waals surface area contributed by atoms with Crippen molar-refractivity contribution >= 4 is 75.1 Å². The molecule has 0 saturated carbocycles. The molecule has 0 bridgehead atoms. The van der Waals surface area contributed by atoms with Crippen molar-refractivity contribution in [2.45, 2.75) is 0 Å². The molecule has 0 fully saturated rings. The van der Waals surface area contributed by atoms with Crippen LogP contribution in [0.2, 0.25) is 0 Å². The van der Waals surface area contributed by atoms with E-state index in [0.717, 1.165) is 21.5 Å². The molecule has 9 aromatic carbocycles. The molecule has 3 heteroatoms. The SMILES string of the molecule is [2H]c1c([2H])c([2H])c(-c2c([2H])c([2H])c([2H])c3sc4c([2H])c(-n5c6c([2H])c([2H])c([2H])c([2H])c6c6c([2H])c(-c7c([2H])c([2H])c8c9c([2H])c([2H])c([2H])c([2H])c9n(-c9cccc(-c%10ccccc%10)c9)c8c7[2H])c([2H])c([2H])c65)ccc4c23)c([2H])c1[2H]. The first kappa shape index (κ1) is 16.9. The molecule has 12 rings (SSSR count). The number of nitrogens with zero attached hydrogens (tertiary/aromatic N) is 2.